The van der Waals surface area contributed by atoms with Gasteiger partial charge in [-0.3, -0.25) is 4.98 Å². The van der Waals surface area contributed by atoms with E-state index in [1.807, 2.05) is 0 Å². The van der Waals surface area contributed by atoms with Gasteiger partial charge in [0.25, 0.3) is 0 Å². The Bertz CT molecular complexity index is 204. The first kappa shape index (κ1) is 6.35. The van der Waals surface area contributed by atoms with Crippen LogP contribution in [0.25, 0.3) is 0 Å². The molecule has 0 aliphatic heterocycles. The Morgan fingerprint density at radius 1 is 1.67 bits per heavy atom. The minimum Gasteiger partial charge on any atom is -0.263 e. The van der Waals surface area contributed by atoms with Gasteiger partial charge >= 0.3 is 0 Å². The van der Waals surface area contributed by atoms with E-state index in [4.69, 9.17) is 0 Å². The van der Waals surface area contributed by atoms with E-state index < -0.39 is 0 Å². The first-order valence-electron chi connectivity index (χ1n) is 2.34. The zero-order valence-corrected chi connectivity index (χ0v) is 5.40. The molecule has 0 unspecified atom stereocenters. The van der Waals surface area contributed by atoms with E-state index >= 15 is 0 Å². The molecular formula is C5H5FN2S. The fourth-order valence-electron chi connectivity index (χ4n) is 0.466. The lowest BCUT2D eigenvalue weighted by Crippen LogP contribution is -1.83. The molecular weight excluding hydrogens is 139 g/mol. The van der Waals surface area contributed by atoms with E-state index in [1.54, 1.807) is 0 Å². The molecule has 0 bridgehead atoms. The number of hydrogen-bond donors (Lipinski definition) is 2. The van der Waals surface area contributed by atoms with Gasteiger partial charge < -0.3 is 0 Å². The molecule has 0 radical (unpaired) electrons. The summed E-state index contributed by atoms with van der Waals surface area (Å²) in [7, 11) is 0. The zero-order valence-electron chi connectivity index (χ0n) is 4.50. The third-order valence-corrected chi connectivity index (χ3v) is 1.26. The molecule has 0 aliphatic carbocycles. The third kappa shape index (κ3) is 1.32. The van der Waals surface area contributed by atoms with Gasteiger partial charge in [0.05, 0.1) is 5.69 Å². The van der Waals surface area contributed by atoms with Gasteiger partial charge in [0.1, 0.15) is 0 Å². The Kier molecular flexibility index (Phi) is 1.89. The molecule has 0 aliphatic rings. The van der Waals surface area contributed by atoms with E-state index in [9.17, 15) is 4.48 Å². The van der Waals surface area contributed by atoms with E-state index in [0.29, 0.717) is 10.6 Å². The van der Waals surface area contributed by atoms with Gasteiger partial charge in [-0.2, -0.15) is 0 Å². The van der Waals surface area contributed by atoms with E-state index in [-0.39, 0.29) is 0 Å². The highest BCUT2D eigenvalue weighted by Gasteiger charge is 1.93. The van der Waals surface area contributed by atoms with E-state index in [0.717, 1.165) is 0 Å². The van der Waals surface area contributed by atoms with Gasteiger partial charge in [0, 0.05) is 17.3 Å². The van der Waals surface area contributed by atoms with Crippen LogP contribution in [-0.4, -0.2) is 4.98 Å². The molecule has 9 heavy (non-hydrogen) atoms. The van der Waals surface area contributed by atoms with Crippen molar-refractivity contribution >= 4 is 18.3 Å². The largest absolute Gasteiger partial charge is 0.263 e. The predicted octanol–water partition coefficient (Wildman–Crippen LogP) is 1.67. The highest BCUT2D eigenvalue weighted by molar-refractivity contribution is 7.80. The van der Waals surface area contributed by atoms with Crippen molar-refractivity contribution in [3.8, 4) is 0 Å². The monoisotopic (exact) mass is 144 g/mol. The summed E-state index contributed by atoms with van der Waals surface area (Å²) in [4.78, 5) is 4.21. The molecule has 0 atom stereocenters. The van der Waals surface area contributed by atoms with Crippen LogP contribution in [0, 0.1) is 0 Å². The summed E-state index contributed by atoms with van der Waals surface area (Å²) in [6.07, 6.45) is 2.95. The maximum atomic E-state index is 11.7. The number of nitrogens with one attached hydrogen (secondary N) is 1. The summed E-state index contributed by atoms with van der Waals surface area (Å²) >= 11 is 3.91. The number of nitrogens with zero attached hydrogens (tertiary/aromatic N) is 1. The Labute approximate surface area is 57.5 Å². The second kappa shape index (κ2) is 2.68. The van der Waals surface area contributed by atoms with Crippen LogP contribution in [0.5, 0.6) is 0 Å². The number of rotatable bonds is 1. The maximum Gasteiger partial charge on any atom is 0.0819 e. The molecule has 0 aromatic carbocycles. The van der Waals surface area contributed by atoms with Gasteiger partial charge in [0.15, 0.2) is 0 Å². The third-order valence-electron chi connectivity index (χ3n) is 0.902. The van der Waals surface area contributed by atoms with E-state index in [2.05, 4.69) is 17.6 Å². The lowest BCUT2D eigenvalue weighted by Gasteiger charge is -1.96. The summed E-state index contributed by atoms with van der Waals surface area (Å²) in [5, 5.41) is 0. The topological polar surface area (TPSA) is 24.9 Å². The number of thiol groups is 1. The number of anilines is 1. The number of pyridine rings is 1. The van der Waals surface area contributed by atoms with Crippen LogP contribution in [0.1, 0.15) is 0 Å². The average Bonchev–Trinajstić information content (AvgIpc) is 1.89. The highest BCUT2D eigenvalue weighted by Crippen LogP contribution is 2.16. The standard InChI is InChI=1S/C5H5FN2S/c6-8-4-1-2-7-3-5(4)9/h1-3,9H,(H,7,8). The molecule has 1 aromatic rings. The molecule has 1 aromatic heterocycles. The molecule has 0 saturated carbocycles. The van der Waals surface area contributed by atoms with Crippen LogP contribution in [0.4, 0.5) is 10.2 Å². The molecule has 1 heterocycles. The molecule has 0 spiro atoms. The quantitative estimate of drug-likeness (QED) is 0.463. The molecule has 4 heteroatoms. The van der Waals surface area contributed by atoms with Crippen LogP contribution in [0.2, 0.25) is 0 Å². The molecule has 1 rings (SSSR count). The fourth-order valence-corrected chi connectivity index (χ4v) is 0.649. The van der Waals surface area contributed by atoms with Crippen molar-refractivity contribution in [2.75, 3.05) is 5.54 Å². The summed E-state index contributed by atoms with van der Waals surface area (Å²) in [6, 6.07) is 1.50. The lowest BCUT2D eigenvalue weighted by atomic mass is 10.4. The van der Waals surface area contributed by atoms with Gasteiger partial charge in [-0.05, 0) is 6.07 Å². The zero-order chi connectivity index (χ0) is 6.69. The van der Waals surface area contributed by atoms with E-state index in [1.165, 1.54) is 24.0 Å². The average molecular weight is 144 g/mol. The van der Waals surface area contributed by atoms with Gasteiger partial charge in [-0.25, -0.2) is 5.54 Å². The molecule has 48 valence electrons. The van der Waals surface area contributed by atoms with Gasteiger partial charge in [0.2, 0.25) is 0 Å². The molecule has 0 fully saturated rings. The molecule has 0 amide bonds. The van der Waals surface area contributed by atoms with Crippen molar-refractivity contribution in [2.24, 2.45) is 0 Å². The Balaban J connectivity index is 3.01. The van der Waals surface area contributed by atoms with Gasteiger partial charge in [-0.1, -0.05) is 0 Å². The summed E-state index contributed by atoms with van der Waals surface area (Å²) in [6.45, 7) is 0. The Hall–Kier alpha value is -0.770. The van der Waals surface area contributed by atoms with Crippen molar-refractivity contribution < 1.29 is 4.48 Å². The molecule has 0 saturated heterocycles. The number of aromatic nitrogens is 1. The van der Waals surface area contributed by atoms with Crippen molar-refractivity contribution in [2.45, 2.75) is 4.90 Å². The minimum absolute atomic E-state index is 0.341. The van der Waals surface area contributed by atoms with Crippen molar-refractivity contribution in [1.82, 2.24) is 4.98 Å². The predicted molar refractivity (Wildman–Crippen MR) is 36.2 cm³/mol. The highest BCUT2D eigenvalue weighted by atomic mass is 32.1. The fraction of sp³-hybridized carbons (Fsp3) is 0. The van der Waals surface area contributed by atoms with Crippen LogP contribution in [-0.2, 0) is 0 Å². The first-order valence-corrected chi connectivity index (χ1v) is 2.79. The van der Waals surface area contributed by atoms with Crippen LogP contribution >= 0.6 is 12.6 Å². The lowest BCUT2D eigenvalue weighted by molar-refractivity contribution is 0.614. The van der Waals surface area contributed by atoms with Crippen LogP contribution in [0.15, 0.2) is 23.4 Å². The van der Waals surface area contributed by atoms with Gasteiger partial charge in [-0.15, -0.1) is 17.1 Å². The SMILES string of the molecule is FNc1ccncc1S. The second-order valence-electron chi connectivity index (χ2n) is 1.49. The minimum atomic E-state index is 0.341. The van der Waals surface area contributed by atoms with Crippen LogP contribution < -0.4 is 5.54 Å². The maximum absolute atomic E-state index is 11.7. The summed E-state index contributed by atoms with van der Waals surface area (Å²) in [5.74, 6) is 0. The first-order chi connectivity index (χ1) is 4.34. The number of hydrogen-bond acceptors (Lipinski definition) is 3. The molecule has 2 nitrogen and oxygen atoms in total. The summed E-state index contributed by atoms with van der Waals surface area (Å²) < 4.78 is 11.7. The smallest absolute Gasteiger partial charge is 0.0819 e. The molecule has 1 N–H and O–H groups in total. The van der Waals surface area contributed by atoms with Crippen molar-refractivity contribution in [3.63, 3.8) is 0 Å². The Morgan fingerprint density at radius 3 is 2.89 bits per heavy atom. The number of halogens is 1. The van der Waals surface area contributed by atoms with Crippen molar-refractivity contribution in [1.29, 1.82) is 0 Å². The van der Waals surface area contributed by atoms with Crippen LogP contribution in [0.3, 0.4) is 0 Å². The summed E-state index contributed by atoms with van der Waals surface area (Å²) in [5.41, 5.74) is 1.82. The Morgan fingerprint density at radius 2 is 2.44 bits per heavy atom. The second-order valence-corrected chi connectivity index (χ2v) is 1.97. The van der Waals surface area contributed by atoms with Crippen molar-refractivity contribution in [3.05, 3.63) is 18.5 Å². The normalized spacial score (nSPS) is 9.11.